The molecular weight excluding hydrogens is 411 g/mol. The maximum Gasteiger partial charge on any atom is 0.221 e. The average Bonchev–Trinajstić information content (AvgIpc) is 2.65. The first kappa shape index (κ1) is 21.0. The zero-order valence-corrected chi connectivity index (χ0v) is 17.7. The standard InChI is InChI=1S/C20H25FN4O4S/c1-12-19(25-18-4-3-13(5-17(18)21)10-30(2,26)27)22-11-23-20(12)29-16-6-14-8-28-9-15(7-16)24-14/h3-5,11,14-16,24H,6-10H2,1-2H3,(H,22,23,25). The van der Waals surface area contributed by atoms with Gasteiger partial charge in [0.2, 0.25) is 5.88 Å². The lowest BCUT2D eigenvalue weighted by Crippen LogP contribution is -2.56. The van der Waals surface area contributed by atoms with Gasteiger partial charge in [-0.1, -0.05) is 6.07 Å². The summed E-state index contributed by atoms with van der Waals surface area (Å²) in [6, 6.07) is 4.86. The zero-order chi connectivity index (χ0) is 21.3. The van der Waals surface area contributed by atoms with E-state index in [-0.39, 0.29) is 29.6 Å². The molecule has 2 saturated heterocycles. The van der Waals surface area contributed by atoms with Crippen molar-refractivity contribution in [2.45, 2.75) is 43.7 Å². The molecule has 1 aromatic heterocycles. The molecule has 2 atom stereocenters. The van der Waals surface area contributed by atoms with Crippen molar-refractivity contribution in [1.29, 1.82) is 0 Å². The fraction of sp³-hybridized carbons (Fsp3) is 0.500. The van der Waals surface area contributed by atoms with Crippen molar-refractivity contribution < 1.29 is 22.3 Å². The summed E-state index contributed by atoms with van der Waals surface area (Å²) in [7, 11) is -3.23. The Labute approximate surface area is 175 Å². The summed E-state index contributed by atoms with van der Waals surface area (Å²) in [5, 5.41) is 6.48. The number of piperidine rings is 1. The number of hydrogen-bond donors (Lipinski definition) is 2. The van der Waals surface area contributed by atoms with Crippen molar-refractivity contribution in [3.63, 3.8) is 0 Å². The molecule has 30 heavy (non-hydrogen) atoms. The van der Waals surface area contributed by atoms with E-state index in [1.54, 1.807) is 6.07 Å². The van der Waals surface area contributed by atoms with Crippen molar-refractivity contribution in [3.05, 3.63) is 41.5 Å². The Kier molecular flexibility index (Phi) is 5.90. The van der Waals surface area contributed by atoms with Crippen LogP contribution in [0.15, 0.2) is 24.5 Å². The van der Waals surface area contributed by atoms with E-state index in [0.717, 1.165) is 19.1 Å². The molecule has 0 radical (unpaired) electrons. The molecule has 3 heterocycles. The van der Waals surface area contributed by atoms with Crippen LogP contribution in [-0.2, 0) is 20.3 Å². The first-order chi connectivity index (χ1) is 14.3. The Morgan fingerprint density at radius 3 is 2.67 bits per heavy atom. The number of nitrogens with zero attached hydrogens (tertiary/aromatic N) is 2. The monoisotopic (exact) mass is 436 g/mol. The lowest BCUT2D eigenvalue weighted by Gasteiger charge is -2.39. The second kappa shape index (κ2) is 8.44. The van der Waals surface area contributed by atoms with E-state index in [1.165, 1.54) is 18.5 Å². The molecule has 0 amide bonds. The third-order valence-corrected chi connectivity index (χ3v) is 6.09. The number of ether oxygens (including phenoxy) is 2. The van der Waals surface area contributed by atoms with Crippen LogP contribution in [0.25, 0.3) is 0 Å². The normalized spacial score (nSPS) is 23.8. The highest BCUT2D eigenvalue weighted by molar-refractivity contribution is 7.89. The van der Waals surface area contributed by atoms with Crippen molar-refractivity contribution in [3.8, 4) is 5.88 Å². The smallest absolute Gasteiger partial charge is 0.221 e. The molecule has 0 aliphatic carbocycles. The van der Waals surface area contributed by atoms with Crippen molar-refractivity contribution >= 4 is 21.3 Å². The van der Waals surface area contributed by atoms with Gasteiger partial charge in [0.05, 0.1) is 30.2 Å². The number of rotatable bonds is 6. The minimum atomic E-state index is -3.23. The summed E-state index contributed by atoms with van der Waals surface area (Å²) in [5.74, 6) is 0.139. The molecule has 2 aliphatic heterocycles. The molecule has 0 spiro atoms. The number of aromatic nitrogens is 2. The van der Waals surface area contributed by atoms with Gasteiger partial charge in [-0.25, -0.2) is 22.8 Å². The third kappa shape index (κ3) is 5.05. The molecule has 2 fully saturated rings. The van der Waals surface area contributed by atoms with Crippen LogP contribution >= 0.6 is 0 Å². The van der Waals surface area contributed by atoms with Gasteiger partial charge in [-0.2, -0.15) is 0 Å². The molecule has 10 heteroatoms. The topological polar surface area (TPSA) is 102 Å². The van der Waals surface area contributed by atoms with Gasteiger partial charge in [0.1, 0.15) is 24.1 Å². The summed E-state index contributed by atoms with van der Waals surface area (Å²) in [6.45, 7) is 3.18. The van der Waals surface area contributed by atoms with Gasteiger partial charge in [-0.15, -0.1) is 0 Å². The van der Waals surface area contributed by atoms with Gasteiger partial charge in [0, 0.05) is 31.2 Å². The second-order valence-corrected chi connectivity index (χ2v) is 10.1. The molecule has 2 bridgehead atoms. The number of fused-ring (bicyclic) bond motifs is 2. The van der Waals surface area contributed by atoms with Gasteiger partial charge in [-0.3, -0.25) is 0 Å². The molecule has 2 N–H and O–H groups in total. The molecular formula is C20H25FN4O4S. The molecule has 2 aromatic rings. The highest BCUT2D eigenvalue weighted by Gasteiger charge is 2.33. The zero-order valence-electron chi connectivity index (χ0n) is 16.9. The Morgan fingerprint density at radius 1 is 1.27 bits per heavy atom. The van der Waals surface area contributed by atoms with Gasteiger partial charge < -0.3 is 20.1 Å². The van der Waals surface area contributed by atoms with Gasteiger partial charge in [0.25, 0.3) is 0 Å². The van der Waals surface area contributed by atoms with E-state index in [9.17, 15) is 12.8 Å². The van der Waals surface area contributed by atoms with Crippen molar-refractivity contribution in [1.82, 2.24) is 15.3 Å². The molecule has 1 aromatic carbocycles. The van der Waals surface area contributed by atoms with Crippen LogP contribution in [0.2, 0.25) is 0 Å². The Morgan fingerprint density at radius 2 is 2.00 bits per heavy atom. The molecule has 2 aliphatic rings. The summed E-state index contributed by atoms with van der Waals surface area (Å²) < 4.78 is 49.1. The Balaban J connectivity index is 1.48. The number of benzene rings is 1. The molecule has 2 unspecified atom stereocenters. The minimum absolute atomic E-state index is 0.0265. The predicted molar refractivity (Wildman–Crippen MR) is 110 cm³/mol. The highest BCUT2D eigenvalue weighted by atomic mass is 32.2. The highest BCUT2D eigenvalue weighted by Crippen LogP contribution is 2.29. The third-order valence-electron chi connectivity index (χ3n) is 5.24. The summed E-state index contributed by atoms with van der Waals surface area (Å²) in [5.41, 5.74) is 1.27. The number of morpholine rings is 1. The van der Waals surface area contributed by atoms with Crippen LogP contribution in [0, 0.1) is 12.7 Å². The van der Waals surface area contributed by atoms with Crippen LogP contribution in [0.3, 0.4) is 0 Å². The summed E-state index contributed by atoms with van der Waals surface area (Å²) in [4.78, 5) is 8.47. The van der Waals surface area contributed by atoms with Gasteiger partial charge >= 0.3 is 0 Å². The largest absolute Gasteiger partial charge is 0.474 e. The number of anilines is 2. The lowest BCUT2D eigenvalue weighted by molar-refractivity contribution is -0.0134. The van der Waals surface area contributed by atoms with Crippen LogP contribution in [0.4, 0.5) is 15.9 Å². The molecule has 4 rings (SSSR count). The van der Waals surface area contributed by atoms with E-state index < -0.39 is 15.7 Å². The van der Waals surface area contributed by atoms with E-state index in [4.69, 9.17) is 9.47 Å². The van der Waals surface area contributed by atoms with Crippen LogP contribution in [0.1, 0.15) is 24.0 Å². The number of hydrogen-bond acceptors (Lipinski definition) is 8. The quantitative estimate of drug-likeness (QED) is 0.710. The molecule has 8 nitrogen and oxygen atoms in total. The maximum absolute atomic E-state index is 14.5. The average molecular weight is 437 g/mol. The summed E-state index contributed by atoms with van der Waals surface area (Å²) >= 11 is 0. The first-order valence-electron chi connectivity index (χ1n) is 9.82. The SMILES string of the molecule is Cc1c(Nc2ccc(CS(C)(=O)=O)cc2F)ncnc1OC1CC2COCC(C1)N2. The summed E-state index contributed by atoms with van der Waals surface area (Å²) in [6.07, 6.45) is 4.19. The van der Waals surface area contributed by atoms with Crippen molar-refractivity contribution in [2.24, 2.45) is 0 Å². The fourth-order valence-electron chi connectivity index (χ4n) is 3.90. The van der Waals surface area contributed by atoms with Crippen LogP contribution < -0.4 is 15.4 Å². The lowest BCUT2D eigenvalue weighted by atomic mass is 9.95. The second-order valence-electron chi connectivity index (χ2n) is 7.97. The van der Waals surface area contributed by atoms with E-state index >= 15 is 0 Å². The van der Waals surface area contributed by atoms with E-state index in [0.29, 0.717) is 36.0 Å². The van der Waals surface area contributed by atoms with Crippen molar-refractivity contribution in [2.75, 3.05) is 24.8 Å². The van der Waals surface area contributed by atoms with E-state index in [1.807, 2.05) is 6.92 Å². The van der Waals surface area contributed by atoms with E-state index in [2.05, 4.69) is 20.6 Å². The predicted octanol–water partition coefficient (Wildman–Crippen LogP) is 2.11. The number of sulfone groups is 1. The van der Waals surface area contributed by atoms with Crippen LogP contribution in [-0.4, -0.2) is 56.0 Å². The van der Waals surface area contributed by atoms with Gasteiger partial charge in [0.15, 0.2) is 9.84 Å². The minimum Gasteiger partial charge on any atom is -0.474 e. The first-order valence-corrected chi connectivity index (χ1v) is 11.9. The fourth-order valence-corrected chi connectivity index (χ4v) is 4.68. The van der Waals surface area contributed by atoms with Gasteiger partial charge in [-0.05, 0) is 24.6 Å². The van der Waals surface area contributed by atoms with Crippen LogP contribution in [0.5, 0.6) is 5.88 Å². The molecule has 0 saturated carbocycles. The Bertz CT molecular complexity index is 1020. The number of halogens is 1. The Hall–Kier alpha value is -2.30. The molecule has 162 valence electrons. The maximum atomic E-state index is 14.5. The number of nitrogens with one attached hydrogen (secondary N) is 2.